The second-order valence-electron chi connectivity index (χ2n) is 16.9. The van der Waals surface area contributed by atoms with Gasteiger partial charge in [0, 0.05) is 38.5 Å². The number of nitrogens with two attached hydrogens (primary N) is 1. The van der Waals surface area contributed by atoms with E-state index >= 15 is 0 Å². The van der Waals surface area contributed by atoms with Gasteiger partial charge < -0.3 is 55.7 Å². The van der Waals surface area contributed by atoms with E-state index < -0.39 is 73.7 Å². The number of methoxy groups -OCH3 is 1. The molecule has 0 spiro atoms. The van der Waals surface area contributed by atoms with Crippen LogP contribution in [0.4, 0.5) is 0 Å². The van der Waals surface area contributed by atoms with E-state index in [0.717, 1.165) is 51.9 Å². The molecule has 0 radical (unpaired) electrons. The first kappa shape index (κ1) is 54.6. The second kappa shape index (κ2) is 28.3. The van der Waals surface area contributed by atoms with Crippen LogP contribution in [0.5, 0.6) is 0 Å². The van der Waals surface area contributed by atoms with Gasteiger partial charge >= 0.3 is 7.82 Å². The monoisotopic (exact) mass is 934 g/mol. The fourth-order valence-corrected chi connectivity index (χ4v) is 8.14. The lowest BCUT2D eigenvalue weighted by Crippen LogP contribution is -2.60. The van der Waals surface area contributed by atoms with Crippen LogP contribution in [0.2, 0.25) is 0 Å². The van der Waals surface area contributed by atoms with Crippen LogP contribution in [0.25, 0.3) is 0 Å². The van der Waals surface area contributed by atoms with Gasteiger partial charge in [-0.15, -0.1) is 0 Å². The van der Waals surface area contributed by atoms with Crippen LogP contribution < -0.4 is 27.0 Å². The molecule has 1 fully saturated rings. The Morgan fingerprint density at radius 1 is 0.862 bits per heavy atom. The highest BCUT2D eigenvalue weighted by Crippen LogP contribution is 2.38. The molecule has 364 valence electrons. The minimum Gasteiger partial charge on any atom is -0.382 e. The summed E-state index contributed by atoms with van der Waals surface area (Å²) in [5.74, 6) is -4.35. The molecule has 1 aliphatic rings. The number of carbonyl (C=O) groups is 6. The molecule has 3 rings (SSSR count). The Kier molecular flexibility index (Phi) is 23.8. The van der Waals surface area contributed by atoms with Crippen molar-refractivity contribution in [2.75, 3.05) is 33.5 Å². The predicted octanol–water partition coefficient (Wildman–Crippen LogP) is 2.04. The van der Waals surface area contributed by atoms with Gasteiger partial charge in [-0.25, -0.2) is 9.55 Å². The molecular formula is C44H71N8O12P. The normalized spacial score (nSPS) is 16.3. The molecular weight excluding hydrogens is 864 g/mol. The van der Waals surface area contributed by atoms with Crippen molar-refractivity contribution in [2.45, 2.75) is 148 Å². The van der Waals surface area contributed by atoms with E-state index in [1.165, 1.54) is 17.4 Å². The zero-order valence-electron chi connectivity index (χ0n) is 38.4. The fraction of sp³-hybridized carbons (Fsp3) is 0.659. The second-order valence-corrected chi connectivity index (χ2v) is 18.1. The van der Waals surface area contributed by atoms with Crippen LogP contribution in [0.15, 0.2) is 42.9 Å². The molecule has 20 nitrogen and oxygen atoms in total. The Morgan fingerprint density at radius 2 is 1.54 bits per heavy atom. The van der Waals surface area contributed by atoms with E-state index in [0.29, 0.717) is 44.8 Å². The zero-order valence-corrected chi connectivity index (χ0v) is 39.3. The molecule has 2 heterocycles. The van der Waals surface area contributed by atoms with Gasteiger partial charge in [0.1, 0.15) is 30.2 Å². The summed E-state index contributed by atoms with van der Waals surface area (Å²) < 4.78 is 28.3. The van der Waals surface area contributed by atoms with Crippen LogP contribution in [0, 0.1) is 5.92 Å². The summed E-state index contributed by atoms with van der Waals surface area (Å²) in [6, 6.07) is 4.19. The highest BCUT2D eigenvalue weighted by molar-refractivity contribution is 7.46. The molecule has 0 unspecified atom stereocenters. The lowest BCUT2D eigenvalue weighted by Gasteiger charge is -2.28. The molecule has 0 saturated carbocycles. The van der Waals surface area contributed by atoms with E-state index in [-0.39, 0.29) is 37.7 Å². The van der Waals surface area contributed by atoms with Crippen molar-refractivity contribution in [3.63, 3.8) is 0 Å². The number of aromatic nitrogens is 2. The van der Waals surface area contributed by atoms with Crippen molar-refractivity contribution in [3.05, 3.63) is 54.1 Å². The van der Waals surface area contributed by atoms with Crippen molar-refractivity contribution < 1.29 is 57.1 Å². The zero-order chi connectivity index (χ0) is 47.9. The number of benzene rings is 1. The summed E-state index contributed by atoms with van der Waals surface area (Å²) in [6.45, 7) is 8.06. The predicted molar refractivity (Wildman–Crippen MR) is 240 cm³/mol. The molecule has 1 aromatic carbocycles. The maximum atomic E-state index is 14.2. The first-order chi connectivity index (χ1) is 30.9. The Morgan fingerprint density at radius 3 is 2.20 bits per heavy atom. The number of primary amides is 1. The minimum absolute atomic E-state index is 0.0534. The molecule has 65 heavy (non-hydrogen) atoms. The summed E-state index contributed by atoms with van der Waals surface area (Å²) in [7, 11) is -3.52. The number of amides is 6. The number of phosphoric acid groups is 1. The standard InChI is InChI=1S/C44H71N8O12P/c1-30(2)26-35(49-44(58)37-19-15-22-52(37)38(53)20-23-63-25-24-62-5)43(57)48-36(42(56)47-31(3)41(55)50-39(40(45)54)32(4)64-65(59,60)61)27-34-28-46-29-51(34)21-14-9-7-6-8-11-16-33-17-12-10-13-18-33/h10,12-13,17-18,28-32,35-37,39H,6-9,11,14-16,19-27H2,1-5H3,(H2,45,54)(H,47,56)(H,48,57)(H,49,58)(H,50,55)(H2,59,60,61)/t31-,32+,35-,36-,37-,39-/m0/s1. The number of nitrogens with zero attached hydrogens (tertiary/aromatic N) is 3. The Labute approximate surface area is 382 Å². The summed E-state index contributed by atoms with van der Waals surface area (Å²) in [4.78, 5) is 105. The molecule has 1 aliphatic heterocycles. The van der Waals surface area contributed by atoms with Gasteiger partial charge in [-0.2, -0.15) is 0 Å². The molecule has 1 saturated heterocycles. The van der Waals surface area contributed by atoms with Gasteiger partial charge in [0.05, 0.1) is 38.7 Å². The van der Waals surface area contributed by atoms with Crippen LogP contribution in [-0.4, -0.2) is 129 Å². The number of likely N-dealkylation sites (tertiary alicyclic amines) is 1. The molecule has 2 aromatic rings. The topological polar surface area (TPSA) is 283 Å². The molecule has 8 N–H and O–H groups in total. The molecule has 6 atom stereocenters. The van der Waals surface area contributed by atoms with Crippen molar-refractivity contribution in [3.8, 4) is 0 Å². The number of nitrogens with one attached hydrogen (secondary N) is 4. The highest BCUT2D eigenvalue weighted by Gasteiger charge is 2.37. The summed E-state index contributed by atoms with van der Waals surface area (Å²) in [5, 5.41) is 10.4. The molecule has 0 aliphatic carbocycles. The lowest BCUT2D eigenvalue weighted by atomic mass is 10.0. The first-order valence-corrected chi connectivity index (χ1v) is 24.1. The number of hydrogen-bond donors (Lipinski definition) is 7. The maximum absolute atomic E-state index is 14.2. The molecule has 21 heteroatoms. The van der Waals surface area contributed by atoms with Crippen LogP contribution in [0.1, 0.15) is 103 Å². The SMILES string of the molecule is COCCOCCC(=O)N1CCC[C@H]1C(=O)N[C@@H](CC(C)C)C(=O)N[C@@H](Cc1cncn1CCCCCCCCc1ccccc1)C(=O)N[C@@H](C)C(=O)N[C@H](C(N)=O)[C@@H](C)OP(=O)(O)O. The number of imidazole rings is 1. The number of carbonyl (C=O) groups excluding carboxylic acids is 6. The number of hydrogen-bond acceptors (Lipinski definition) is 11. The number of phosphoric ester groups is 1. The minimum atomic E-state index is -5.07. The van der Waals surface area contributed by atoms with Gasteiger partial charge in [-0.1, -0.05) is 69.9 Å². The van der Waals surface area contributed by atoms with Crippen molar-refractivity contribution >= 4 is 43.3 Å². The van der Waals surface area contributed by atoms with Gasteiger partial charge in [-0.3, -0.25) is 33.3 Å². The third-order valence-corrected chi connectivity index (χ3v) is 11.6. The lowest BCUT2D eigenvalue weighted by molar-refractivity contribution is -0.140. The van der Waals surface area contributed by atoms with E-state index in [4.69, 9.17) is 15.2 Å². The highest BCUT2D eigenvalue weighted by atomic mass is 31.2. The molecule has 1 aromatic heterocycles. The average Bonchev–Trinajstić information content (AvgIpc) is 3.92. The largest absolute Gasteiger partial charge is 0.469 e. The van der Waals surface area contributed by atoms with E-state index in [1.807, 2.05) is 24.5 Å². The molecule has 6 amide bonds. The van der Waals surface area contributed by atoms with Gasteiger partial charge in [0.25, 0.3) is 0 Å². The van der Waals surface area contributed by atoms with Crippen LogP contribution in [0.3, 0.4) is 0 Å². The van der Waals surface area contributed by atoms with Crippen molar-refractivity contribution in [1.82, 2.24) is 35.7 Å². The van der Waals surface area contributed by atoms with Crippen LogP contribution >= 0.6 is 7.82 Å². The molecule has 0 bridgehead atoms. The third kappa shape index (κ3) is 20.1. The first-order valence-electron chi connectivity index (χ1n) is 22.5. The Hall–Kier alpha value is -4.72. The number of unbranched alkanes of at least 4 members (excludes halogenated alkanes) is 5. The summed E-state index contributed by atoms with van der Waals surface area (Å²) >= 11 is 0. The van der Waals surface area contributed by atoms with Gasteiger partial charge in [0.2, 0.25) is 35.4 Å². The van der Waals surface area contributed by atoms with E-state index in [2.05, 4.69) is 55.0 Å². The average molecular weight is 935 g/mol. The number of aryl methyl sites for hydroxylation is 2. The smallest absolute Gasteiger partial charge is 0.382 e. The quantitative estimate of drug-likeness (QED) is 0.0422. The van der Waals surface area contributed by atoms with Crippen LogP contribution in [-0.2, 0) is 66.7 Å². The van der Waals surface area contributed by atoms with Crippen molar-refractivity contribution in [2.24, 2.45) is 11.7 Å². The maximum Gasteiger partial charge on any atom is 0.469 e. The number of rotatable bonds is 31. The van der Waals surface area contributed by atoms with E-state index in [9.17, 15) is 43.1 Å². The fourth-order valence-electron chi connectivity index (χ4n) is 7.58. The number of ether oxygens (including phenoxy) is 2. The van der Waals surface area contributed by atoms with Gasteiger partial charge in [-0.05, 0) is 63.9 Å². The Balaban J connectivity index is 1.74. The Bertz CT molecular complexity index is 1860. The van der Waals surface area contributed by atoms with Gasteiger partial charge in [0.15, 0.2) is 0 Å². The van der Waals surface area contributed by atoms with Crippen molar-refractivity contribution in [1.29, 1.82) is 0 Å². The third-order valence-electron chi connectivity index (χ3n) is 11.0. The summed E-state index contributed by atoms with van der Waals surface area (Å²) in [5.41, 5.74) is 7.35. The van der Waals surface area contributed by atoms with E-state index in [1.54, 1.807) is 19.6 Å². The summed E-state index contributed by atoms with van der Waals surface area (Å²) in [6.07, 6.45) is 10.2.